The number of benzene rings is 1. The van der Waals surface area contributed by atoms with Crippen LogP contribution in [0.3, 0.4) is 0 Å². The molecule has 0 fully saturated rings. The van der Waals surface area contributed by atoms with Crippen molar-refractivity contribution in [1.82, 2.24) is 4.98 Å². The Balaban J connectivity index is 2.65. The lowest BCUT2D eigenvalue weighted by Gasteiger charge is -2.10. The summed E-state index contributed by atoms with van der Waals surface area (Å²) in [6.45, 7) is 6.12. The fourth-order valence-corrected chi connectivity index (χ4v) is 3.09. The minimum Gasteiger partial charge on any atom is -0.496 e. The molecule has 0 spiro atoms. The Kier molecular flexibility index (Phi) is 3.45. The van der Waals surface area contributed by atoms with Gasteiger partial charge in [0, 0.05) is 0 Å². The molecule has 0 N–H and O–H groups in total. The van der Waals surface area contributed by atoms with Crippen molar-refractivity contribution in [2.75, 3.05) is 7.11 Å². The minimum atomic E-state index is 0.879. The largest absolute Gasteiger partial charge is 0.496 e. The second kappa shape index (κ2) is 4.70. The first kappa shape index (κ1) is 12.5. The first-order valence-corrected chi connectivity index (χ1v) is 6.61. The third kappa shape index (κ3) is 2.33. The molecule has 1 heterocycles. The van der Waals surface area contributed by atoms with Crippen LogP contribution in [-0.4, -0.2) is 12.1 Å². The van der Waals surface area contributed by atoms with Gasteiger partial charge in [-0.05, 0) is 38.0 Å². The van der Waals surface area contributed by atoms with Gasteiger partial charge in [-0.1, -0.05) is 6.07 Å². The fraction of sp³-hybridized carbons (Fsp3) is 0.308. The Hall–Kier alpha value is -1.000. The number of nitrogens with zero attached hydrogens (tertiary/aromatic N) is 1. The quantitative estimate of drug-likeness (QED) is 0.828. The van der Waals surface area contributed by atoms with E-state index in [9.17, 15) is 0 Å². The van der Waals surface area contributed by atoms with E-state index in [4.69, 9.17) is 4.74 Å². The summed E-state index contributed by atoms with van der Waals surface area (Å²) in [4.78, 5) is 4.54. The third-order valence-corrected chi connectivity index (χ3v) is 4.22. The summed E-state index contributed by atoms with van der Waals surface area (Å²) < 4.78 is 6.41. The summed E-state index contributed by atoms with van der Waals surface area (Å²) in [7, 11) is 1.69. The van der Waals surface area contributed by atoms with Gasteiger partial charge in [-0.25, -0.2) is 4.98 Å². The zero-order valence-electron chi connectivity index (χ0n) is 10.4. The van der Waals surface area contributed by atoms with Gasteiger partial charge < -0.3 is 4.74 Å². The molecule has 90 valence electrons. The van der Waals surface area contributed by atoms with Crippen molar-refractivity contribution in [2.24, 2.45) is 0 Å². The lowest BCUT2D eigenvalue weighted by atomic mass is 10.0. The second-order valence-electron chi connectivity index (χ2n) is 4.07. The fourth-order valence-electron chi connectivity index (χ4n) is 1.86. The van der Waals surface area contributed by atoms with E-state index >= 15 is 0 Å². The highest BCUT2D eigenvalue weighted by Crippen LogP contribution is 2.38. The number of aromatic nitrogens is 1. The number of hydrogen-bond acceptors (Lipinski definition) is 4. The van der Waals surface area contributed by atoms with Crippen LogP contribution in [0.25, 0.3) is 10.6 Å². The highest BCUT2D eigenvalue weighted by molar-refractivity contribution is 7.83. The molecule has 0 saturated heterocycles. The van der Waals surface area contributed by atoms with E-state index in [1.165, 1.54) is 11.1 Å². The van der Waals surface area contributed by atoms with Crippen LogP contribution in [0.2, 0.25) is 0 Å². The number of methoxy groups -OCH3 is 1. The molecule has 0 unspecified atom stereocenters. The zero-order valence-corrected chi connectivity index (χ0v) is 12.1. The van der Waals surface area contributed by atoms with Crippen LogP contribution in [0.4, 0.5) is 0 Å². The molecular formula is C13H15NOS2. The smallest absolute Gasteiger partial charge is 0.129 e. The molecule has 4 heteroatoms. The molecule has 0 saturated carbocycles. The molecule has 0 aliphatic heterocycles. The van der Waals surface area contributed by atoms with Gasteiger partial charge in [0.2, 0.25) is 0 Å². The van der Waals surface area contributed by atoms with Gasteiger partial charge in [0.1, 0.15) is 10.8 Å². The Morgan fingerprint density at radius 2 is 1.94 bits per heavy atom. The number of rotatable bonds is 2. The van der Waals surface area contributed by atoms with E-state index in [1.807, 2.05) is 13.0 Å². The Morgan fingerprint density at radius 3 is 2.47 bits per heavy atom. The van der Waals surface area contributed by atoms with Gasteiger partial charge in [0.05, 0.1) is 22.6 Å². The average molecular weight is 265 g/mol. The van der Waals surface area contributed by atoms with E-state index in [-0.39, 0.29) is 0 Å². The van der Waals surface area contributed by atoms with Crippen LogP contribution in [0.5, 0.6) is 5.75 Å². The monoisotopic (exact) mass is 265 g/mol. The number of thiazole rings is 1. The molecule has 0 aliphatic rings. The Morgan fingerprint density at radius 1 is 1.24 bits per heavy atom. The maximum absolute atomic E-state index is 5.45. The maximum Gasteiger partial charge on any atom is 0.129 e. The van der Waals surface area contributed by atoms with E-state index in [2.05, 4.69) is 37.5 Å². The molecule has 0 atom stereocenters. The molecule has 2 rings (SSSR count). The highest BCUT2D eigenvalue weighted by Gasteiger charge is 2.14. The Labute approximate surface area is 111 Å². The number of hydrogen-bond donors (Lipinski definition) is 1. The Bertz CT molecular complexity index is 541. The lowest BCUT2D eigenvalue weighted by molar-refractivity contribution is 0.416. The summed E-state index contributed by atoms with van der Waals surface area (Å²) in [5.41, 5.74) is 4.42. The SMILES string of the molecule is COc1cc(C)cc(C)c1-c1nc(C)c(S)s1. The highest BCUT2D eigenvalue weighted by atomic mass is 32.2. The van der Waals surface area contributed by atoms with Crippen LogP contribution in [0.1, 0.15) is 16.8 Å². The van der Waals surface area contributed by atoms with Crippen molar-refractivity contribution >= 4 is 24.0 Å². The normalized spacial score (nSPS) is 10.6. The van der Waals surface area contributed by atoms with E-state index in [1.54, 1.807) is 18.4 Å². The molecule has 2 nitrogen and oxygen atoms in total. The van der Waals surface area contributed by atoms with Crippen LogP contribution >= 0.6 is 24.0 Å². The standard InChI is InChI=1S/C13H15NOS2/c1-7-5-8(2)11(10(6-7)15-4)12-14-9(3)13(16)17-12/h5-6,16H,1-4H3. The van der Waals surface area contributed by atoms with Gasteiger partial charge in [0.25, 0.3) is 0 Å². The number of ether oxygens (including phenoxy) is 1. The molecule has 17 heavy (non-hydrogen) atoms. The van der Waals surface area contributed by atoms with E-state index in [0.717, 1.165) is 26.2 Å². The van der Waals surface area contributed by atoms with Crippen molar-refractivity contribution in [1.29, 1.82) is 0 Å². The topological polar surface area (TPSA) is 22.1 Å². The number of thiol groups is 1. The maximum atomic E-state index is 5.45. The molecular weight excluding hydrogens is 250 g/mol. The van der Waals surface area contributed by atoms with Crippen molar-refractivity contribution in [3.8, 4) is 16.3 Å². The lowest BCUT2D eigenvalue weighted by Crippen LogP contribution is -1.92. The van der Waals surface area contributed by atoms with Gasteiger partial charge >= 0.3 is 0 Å². The summed E-state index contributed by atoms with van der Waals surface area (Å²) in [5.74, 6) is 0.879. The minimum absolute atomic E-state index is 0.879. The van der Waals surface area contributed by atoms with Crippen molar-refractivity contribution < 1.29 is 4.74 Å². The summed E-state index contributed by atoms with van der Waals surface area (Å²) in [5, 5.41) is 0.974. The van der Waals surface area contributed by atoms with Crippen LogP contribution in [0, 0.1) is 20.8 Å². The van der Waals surface area contributed by atoms with Crippen molar-refractivity contribution in [2.45, 2.75) is 25.0 Å². The molecule has 0 bridgehead atoms. The first-order valence-electron chi connectivity index (χ1n) is 5.35. The average Bonchev–Trinajstić information content (AvgIpc) is 2.57. The van der Waals surface area contributed by atoms with Gasteiger partial charge in [0.15, 0.2) is 0 Å². The molecule has 0 amide bonds. The summed E-state index contributed by atoms with van der Waals surface area (Å²) >= 11 is 5.99. The molecule has 1 aromatic carbocycles. The summed E-state index contributed by atoms with van der Waals surface area (Å²) in [6, 6.07) is 4.18. The second-order valence-corrected chi connectivity index (χ2v) is 5.82. The van der Waals surface area contributed by atoms with Gasteiger partial charge in [-0.15, -0.1) is 24.0 Å². The first-order chi connectivity index (χ1) is 8.02. The van der Waals surface area contributed by atoms with Gasteiger partial charge in [-0.3, -0.25) is 0 Å². The third-order valence-electron chi connectivity index (χ3n) is 2.65. The predicted molar refractivity (Wildman–Crippen MR) is 75.6 cm³/mol. The molecule has 2 aromatic rings. The zero-order chi connectivity index (χ0) is 12.6. The van der Waals surface area contributed by atoms with Gasteiger partial charge in [-0.2, -0.15) is 0 Å². The van der Waals surface area contributed by atoms with E-state index < -0.39 is 0 Å². The summed E-state index contributed by atoms with van der Waals surface area (Å²) in [6.07, 6.45) is 0. The van der Waals surface area contributed by atoms with E-state index in [0.29, 0.717) is 0 Å². The van der Waals surface area contributed by atoms with Crippen LogP contribution in [0.15, 0.2) is 16.3 Å². The molecule has 0 aliphatic carbocycles. The predicted octanol–water partition coefficient (Wildman–Crippen LogP) is 4.03. The van der Waals surface area contributed by atoms with Crippen molar-refractivity contribution in [3.63, 3.8) is 0 Å². The molecule has 0 radical (unpaired) electrons. The van der Waals surface area contributed by atoms with Crippen LogP contribution in [-0.2, 0) is 0 Å². The van der Waals surface area contributed by atoms with Crippen LogP contribution < -0.4 is 4.74 Å². The molecule has 1 aromatic heterocycles. The van der Waals surface area contributed by atoms with Crippen molar-refractivity contribution in [3.05, 3.63) is 29.0 Å². The number of aryl methyl sites for hydroxylation is 3.